The Morgan fingerprint density at radius 1 is 1.30 bits per heavy atom. The average Bonchev–Trinajstić information content (AvgIpc) is 2.47. The molecule has 0 aliphatic carbocycles. The van der Waals surface area contributed by atoms with Gasteiger partial charge in [-0.25, -0.2) is 13.1 Å². The highest BCUT2D eigenvalue weighted by Gasteiger charge is 2.26. The molecule has 0 saturated carbocycles. The lowest BCUT2D eigenvalue weighted by atomic mass is 10.0. The van der Waals surface area contributed by atoms with Crippen molar-refractivity contribution in [3.63, 3.8) is 0 Å². The number of benzene rings is 1. The molecule has 2 rings (SSSR count). The van der Waals surface area contributed by atoms with Crippen molar-refractivity contribution in [1.82, 2.24) is 9.62 Å². The summed E-state index contributed by atoms with van der Waals surface area (Å²) in [7, 11) is -3.54. The van der Waals surface area contributed by atoms with Crippen LogP contribution in [0.5, 0.6) is 0 Å². The number of nitrogens with one attached hydrogen (secondary N) is 1. The first-order chi connectivity index (χ1) is 10.8. The summed E-state index contributed by atoms with van der Waals surface area (Å²) in [6, 6.07) is 4.98. The Hall–Kier alpha value is -0.660. The van der Waals surface area contributed by atoms with Gasteiger partial charge in [0.2, 0.25) is 10.0 Å². The van der Waals surface area contributed by atoms with E-state index in [1.807, 2.05) is 0 Å². The second-order valence-corrected chi connectivity index (χ2v) is 8.39. The number of ether oxygens (including phenoxy) is 1. The van der Waals surface area contributed by atoms with E-state index in [0.717, 1.165) is 13.1 Å². The van der Waals surface area contributed by atoms with Gasteiger partial charge < -0.3 is 4.74 Å². The molecule has 23 heavy (non-hydrogen) atoms. The van der Waals surface area contributed by atoms with Crippen molar-refractivity contribution in [3.8, 4) is 0 Å². The summed E-state index contributed by atoms with van der Waals surface area (Å²) in [6.45, 7) is 9.45. The van der Waals surface area contributed by atoms with E-state index in [4.69, 9.17) is 16.3 Å². The van der Waals surface area contributed by atoms with Gasteiger partial charge in [0.15, 0.2) is 0 Å². The monoisotopic (exact) mass is 360 g/mol. The van der Waals surface area contributed by atoms with Crippen molar-refractivity contribution in [2.75, 3.05) is 32.8 Å². The van der Waals surface area contributed by atoms with Crippen LogP contribution in [-0.2, 0) is 14.8 Å². The molecule has 0 bridgehead atoms. The van der Waals surface area contributed by atoms with Gasteiger partial charge in [-0.15, -0.1) is 0 Å². The van der Waals surface area contributed by atoms with Gasteiger partial charge in [-0.1, -0.05) is 25.4 Å². The summed E-state index contributed by atoms with van der Waals surface area (Å²) in [5.74, 6) is 0.349. The third-order valence-corrected chi connectivity index (χ3v) is 6.01. The minimum Gasteiger partial charge on any atom is -0.379 e. The molecule has 0 amide bonds. The van der Waals surface area contributed by atoms with E-state index in [9.17, 15) is 8.42 Å². The highest BCUT2D eigenvalue weighted by atomic mass is 35.5. The molecule has 1 aliphatic heterocycles. The number of hydrogen-bond donors (Lipinski definition) is 1. The van der Waals surface area contributed by atoms with E-state index in [0.29, 0.717) is 36.3 Å². The lowest BCUT2D eigenvalue weighted by Crippen LogP contribution is -2.51. The van der Waals surface area contributed by atoms with Crippen molar-refractivity contribution in [1.29, 1.82) is 0 Å². The molecule has 0 spiro atoms. The van der Waals surface area contributed by atoms with Gasteiger partial charge in [-0.2, -0.15) is 0 Å². The third kappa shape index (κ3) is 4.90. The van der Waals surface area contributed by atoms with E-state index in [1.165, 1.54) is 0 Å². The smallest absolute Gasteiger partial charge is 0.240 e. The summed E-state index contributed by atoms with van der Waals surface area (Å²) in [5.41, 5.74) is 0.650. The highest BCUT2D eigenvalue weighted by Crippen LogP contribution is 2.20. The molecular formula is C16H25ClN2O3S. The maximum absolute atomic E-state index is 12.6. The normalized spacial score (nSPS) is 18.3. The standard InChI is InChI=1S/C16H25ClN2O3S/c1-12(2)15(19-6-8-22-9-7-19)11-18-23(20,21)16-5-4-14(17)10-13(16)3/h4-5,10,12,15,18H,6-9,11H2,1-3H3. The van der Waals surface area contributed by atoms with E-state index in [1.54, 1.807) is 25.1 Å². The molecule has 7 heteroatoms. The first kappa shape index (κ1) is 18.7. The van der Waals surface area contributed by atoms with Gasteiger partial charge in [0.25, 0.3) is 0 Å². The topological polar surface area (TPSA) is 58.6 Å². The molecule has 1 N–H and O–H groups in total. The predicted molar refractivity (Wildman–Crippen MR) is 92.4 cm³/mol. The SMILES string of the molecule is Cc1cc(Cl)ccc1S(=O)(=O)NCC(C(C)C)N1CCOCC1. The Morgan fingerprint density at radius 3 is 2.52 bits per heavy atom. The number of hydrogen-bond acceptors (Lipinski definition) is 4. The molecule has 1 aromatic carbocycles. The molecule has 1 atom stereocenters. The fraction of sp³-hybridized carbons (Fsp3) is 0.625. The van der Waals surface area contributed by atoms with Crippen LogP contribution in [0.4, 0.5) is 0 Å². The molecular weight excluding hydrogens is 336 g/mol. The molecule has 1 aromatic rings. The van der Waals surface area contributed by atoms with Crippen molar-refractivity contribution in [2.24, 2.45) is 5.92 Å². The molecule has 0 aromatic heterocycles. The average molecular weight is 361 g/mol. The molecule has 1 fully saturated rings. The van der Waals surface area contributed by atoms with E-state index < -0.39 is 10.0 Å². The molecule has 5 nitrogen and oxygen atoms in total. The molecule has 1 saturated heterocycles. The predicted octanol–water partition coefficient (Wildman–Crippen LogP) is 2.28. The number of rotatable bonds is 6. The summed E-state index contributed by atoms with van der Waals surface area (Å²) in [4.78, 5) is 2.58. The second-order valence-electron chi connectivity index (χ2n) is 6.22. The van der Waals surface area contributed by atoms with Gasteiger partial charge >= 0.3 is 0 Å². The maximum atomic E-state index is 12.6. The lowest BCUT2D eigenvalue weighted by Gasteiger charge is -2.36. The van der Waals surface area contributed by atoms with Crippen LogP contribution in [0.1, 0.15) is 19.4 Å². The van der Waals surface area contributed by atoms with Crippen molar-refractivity contribution in [2.45, 2.75) is 31.7 Å². The second kappa shape index (κ2) is 7.94. The molecule has 1 aliphatic rings. The maximum Gasteiger partial charge on any atom is 0.240 e. The van der Waals surface area contributed by atoms with Gasteiger partial charge in [0.1, 0.15) is 0 Å². The highest BCUT2D eigenvalue weighted by molar-refractivity contribution is 7.89. The molecule has 1 heterocycles. The Labute approximate surface area is 144 Å². The first-order valence-corrected chi connectivity index (χ1v) is 9.75. The number of morpholine rings is 1. The number of halogens is 1. The van der Waals surface area contributed by atoms with Crippen molar-refractivity contribution in [3.05, 3.63) is 28.8 Å². The van der Waals surface area contributed by atoms with Crippen molar-refractivity contribution >= 4 is 21.6 Å². The van der Waals surface area contributed by atoms with Crippen LogP contribution in [0.3, 0.4) is 0 Å². The van der Waals surface area contributed by atoms with E-state index >= 15 is 0 Å². The van der Waals surface area contributed by atoms with Gasteiger partial charge in [-0.05, 0) is 36.6 Å². The third-order valence-electron chi connectivity index (χ3n) is 4.19. The minimum atomic E-state index is -3.54. The Morgan fingerprint density at radius 2 is 1.96 bits per heavy atom. The van der Waals surface area contributed by atoms with Gasteiger partial charge in [-0.3, -0.25) is 4.90 Å². The summed E-state index contributed by atoms with van der Waals surface area (Å²) in [5, 5.41) is 0.537. The lowest BCUT2D eigenvalue weighted by molar-refractivity contribution is 0.00776. The van der Waals surface area contributed by atoms with Crippen LogP contribution in [-0.4, -0.2) is 52.2 Å². The Kier molecular flexibility index (Phi) is 6.45. The molecule has 130 valence electrons. The zero-order valence-corrected chi connectivity index (χ0v) is 15.5. The molecule has 1 unspecified atom stereocenters. The summed E-state index contributed by atoms with van der Waals surface area (Å²) >= 11 is 5.90. The summed E-state index contributed by atoms with van der Waals surface area (Å²) < 4.78 is 33.3. The zero-order chi connectivity index (χ0) is 17.0. The van der Waals surface area contributed by atoms with E-state index in [-0.39, 0.29) is 10.9 Å². The van der Waals surface area contributed by atoms with Crippen LogP contribution in [0.2, 0.25) is 5.02 Å². The van der Waals surface area contributed by atoms with Gasteiger partial charge in [0, 0.05) is 30.7 Å². The fourth-order valence-electron chi connectivity index (χ4n) is 2.88. The first-order valence-electron chi connectivity index (χ1n) is 7.89. The van der Waals surface area contributed by atoms with Crippen LogP contribution < -0.4 is 4.72 Å². The zero-order valence-electron chi connectivity index (χ0n) is 13.9. The Bertz CT molecular complexity index is 628. The number of nitrogens with zero attached hydrogens (tertiary/aromatic N) is 1. The largest absolute Gasteiger partial charge is 0.379 e. The van der Waals surface area contributed by atoms with Crippen molar-refractivity contribution < 1.29 is 13.2 Å². The number of sulfonamides is 1. The van der Waals surface area contributed by atoms with Crippen LogP contribution >= 0.6 is 11.6 Å². The quantitative estimate of drug-likeness (QED) is 0.845. The van der Waals surface area contributed by atoms with Crippen LogP contribution in [0.15, 0.2) is 23.1 Å². The fourth-order valence-corrected chi connectivity index (χ4v) is 4.39. The summed E-state index contributed by atoms with van der Waals surface area (Å²) in [6.07, 6.45) is 0. The van der Waals surface area contributed by atoms with Crippen LogP contribution in [0, 0.1) is 12.8 Å². The van der Waals surface area contributed by atoms with E-state index in [2.05, 4.69) is 23.5 Å². The Balaban J connectivity index is 2.09. The molecule has 0 radical (unpaired) electrons. The minimum absolute atomic E-state index is 0.154. The number of aryl methyl sites for hydroxylation is 1. The van der Waals surface area contributed by atoms with Crippen LogP contribution in [0.25, 0.3) is 0 Å². The van der Waals surface area contributed by atoms with Gasteiger partial charge in [0.05, 0.1) is 18.1 Å².